The van der Waals surface area contributed by atoms with Gasteiger partial charge in [-0.1, -0.05) is 0 Å². The van der Waals surface area contributed by atoms with Gasteiger partial charge in [0.05, 0.1) is 0 Å². The normalized spacial score (nSPS) is 11.2. The molecule has 106 valence electrons. The minimum Gasteiger partial charge on any atom is -0.508 e. The molecule has 0 spiro atoms. The third kappa shape index (κ3) is 2.69. The highest BCUT2D eigenvalue weighted by molar-refractivity contribution is 7.87. The molecule has 0 aliphatic heterocycles. The SMILES string of the molecule is O=S(=O)(Oc1ccc(O)cc1O)c1ccc(O)cc1O. The summed E-state index contributed by atoms with van der Waals surface area (Å²) in [6.07, 6.45) is 0. The molecule has 0 saturated carbocycles. The van der Waals surface area contributed by atoms with E-state index in [1.165, 1.54) is 0 Å². The monoisotopic (exact) mass is 298 g/mol. The molecule has 4 N–H and O–H groups in total. The van der Waals surface area contributed by atoms with Gasteiger partial charge in [-0.3, -0.25) is 0 Å². The van der Waals surface area contributed by atoms with Crippen molar-refractivity contribution in [2.45, 2.75) is 4.90 Å². The maximum atomic E-state index is 11.9. The van der Waals surface area contributed by atoms with Crippen molar-refractivity contribution in [1.29, 1.82) is 0 Å². The van der Waals surface area contributed by atoms with Crippen LogP contribution in [0.15, 0.2) is 41.3 Å². The Morgan fingerprint density at radius 1 is 0.800 bits per heavy atom. The molecule has 0 radical (unpaired) electrons. The van der Waals surface area contributed by atoms with E-state index in [1.807, 2.05) is 0 Å². The molecule has 0 aromatic heterocycles. The van der Waals surface area contributed by atoms with Gasteiger partial charge in [0, 0.05) is 12.1 Å². The van der Waals surface area contributed by atoms with Crippen molar-refractivity contribution in [3.8, 4) is 28.7 Å². The second-order valence-corrected chi connectivity index (χ2v) is 5.36. The first-order chi connectivity index (χ1) is 9.29. The van der Waals surface area contributed by atoms with Gasteiger partial charge < -0.3 is 24.6 Å². The molecule has 0 heterocycles. The van der Waals surface area contributed by atoms with Crippen LogP contribution in [0.1, 0.15) is 0 Å². The van der Waals surface area contributed by atoms with Crippen molar-refractivity contribution in [3.63, 3.8) is 0 Å². The highest BCUT2D eigenvalue weighted by Gasteiger charge is 2.22. The summed E-state index contributed by atoms with van der Waals surface area (Å²) in [5, 5.41) is 37.2. The van der Waals surface area contributed by atoms with Gasteiger partial charge in [-0.15, -0.1) is 0 Å². The lowest BCUT2D eigenvalue weighted by Gasteiger charge is -2.10. The number of hydrogen-bond donors (Lipinski definition) is 4. The lowest BCUT2D eigenvalue weighted by Crippen LogP contribution is -2.10. The Bertz CT molecular complexity index is 752. The lowest BCUT2D eigenvalue weighted by atomic mass is 10.3. The summed E-state index contributed by atoms with van der Waals surface area (Å²) >= 11 is 0. The molecule has 0 unspecified atom stereocenters. The third-order valence-electron chi connectivity index (χ3n) is 2.35. The van der Waals surface area contributed by atoms with Crippen LogP contribution in [0.3, 0.4) is 0 Å². The number of phenols is 4. The molecule has 2 aromatic carbocycles. The Balaban J connectivity index is 2.41. The minimum atomic E-state index is -4.40. The van der Waals surface area contributed by atoms with Crippen molar-refractivity contribution in [3.05, 3.63) is 36.4 Å². The van der Waals surface area contributed by atoms with E-state index >= 15 is 0 Å². The Hall–Kier alpha value is -2.61. The zero-order valence-electron chi connectivity index (χ0n) is 9.89. The zero-order valence-corrected chi connectivity index (χ0v) is 10.7. The first kappa shape index (κ1) is 13.8. The molecule has 0 aliphatic rings. The van der Waals surface area contributed by atoms with Gasteiger partial charge in [-0.25, -0.2) is 0 Å². The highest BCUT2D eigenvalue weighted by Crippen LogP contribution is 2.34. The fraction of sp³-hybridized carbons (Fsp3) is 0. The summed E-state index contributed by atoms with van der Waals surface area (Å²) in [6.45, 7) is 0. The number of phenolic OH excluding ortho intramolecular Hbond substituents is 4. The maximum Gasteiger partial charge on any atom is 0.343 e. The van der Waals surface area contributed by atoms with Crippen molar-refractivity contribution in [2.75, 3.05) is 0 Å². The summed E-state index contributed by atoms with van der Waals surface area (Å²) < 4.78 is 28.5. The Labute approximate surface area is 114 Å². The topological polar surface area (TPSA) is 124 Å². The lowest BCUT2D eigenvalue weighted by molar-refractivity contribution is 0.411. The molecule has 2 rings (SSSR count). The summed E-state index contributed by atoms with van der Waals surface area (Å²) in [5.41, 5.74) is 0. The minimum absolute atomic E-state index is 0.264. The van der Waals surface area contributed by atoms with Crippen LogP contribution in [0.2, 0.25) is 0 Å². The van der Waals surface area contributed by atoms with Gasteiger partial charge in [0.25, 0.3) is 0 Å². The van der Waals surface area contributed by atoms with Crippen LogP contribution < -0.4 is 4.18 Å². The van der Waals surface area contributed by atoms with Gasteiger partial charge in [-0.05, 0) is 24.3 Å². The van der Waals surface area contributed by atoms with E-state index in [9.17, 15) is 18.6 Å². The molecular formula is C12H10O7S. The molecule has 0 saturated heterocycles. The van der Waals surface area contributed by atoms with E-state index < -0.39 is 32.3 Å². The fourth-order valence-corrected chi connectivity index (χ4v) is 2.47. The van der Waals surface area contributed by atoms with Gasteiger partial charge in [0.15, 0.2) is 11.5 Å². The molecule has 8 heteroatoms. The second kappa shape index (κ2) is 4.82. The first-order valence-electron chi connectivity index (χ1n) is 5.28. The summed E-state index contributed by atoms with van der Waals surface area (Å²) in [4.78, 5) is -0.567. The Kier molecular flexibility index (Phi) is 3.33. The van der Waals surface area contributed by atoms with Crippen LogP contribution >= 0.6 is 0 Å². The summed E-state index contributed by atoms with van der Waals surface area (Å²) in [5.74, 6) is -2.25. The van der Waals surface area contributed by atoms with Gasteiger partial charge in [-0.2, -0.15) is 8.42 Å². The summed E-state index contributed by atoms with van der Waals surface area (Å²) in [6, 6.07) is 5.94. The molecule has 20 heavy (non-hydrogen) atoms. The van der Waals surface area contributed by atoms with Crippen molar-refractivity contribution < 1.29 is 33.0 Å². The first-order valence-corrected chi connectivity index (χ1v) is 6.69. The number of rotatable bonds is 3. The van der Waals surface area contributed by atoms with E-state index in [2.05, 4.69) is 4.18 Å². The smallest absolute Gasteiger partial charge is 0.343 e. The summed E-state index contributed by atoms with van der Waals surface area (Å²) in [7, 11) is -4.40. The van der Waals surface area contributed by atoms with E-state index in [0.29, 0.717) is 0 Å². The highest BCUT2D eigenvalue weighted by atomic mass is 32.2. The van der Waals surface area contributed by atoms with Crippen LogP contribution in [0.5, 0.6) is 28.7 Å². The molecule has 0 amide bonds. The predicted molar refractivity (Wildman–Crippen MR) is 67.4 cm³/mol. The number of benzene rings is 2. The van der Waals surface area contributed by atoms with Gasteiger partial charge >= 0.3 is 10.1 Å². The molecule has 2 aromatic rings. The fourth-order valence-electron chi connectivity index (χ4n) is 1.46. The second-order valence-electron chi connectivity index (χ2n) is 3.84. The third-order valence-corrected chi connectivity index (χ3v) is 3.64. The van der Waals surface area contributed by atoms with E-state index in [0.717, 1.165) is 36.4 Å². The average Bonchev–Trinajstić information content (AvgIpc) is 2.32. The van der Waals surface area contributed by atoms with Gasteiger partial charge in [0.2, 0.25) is 0 Å². The molecule has 0 atom stereocenters. The van der Waals surface area contributed by atoms with Crippen LogP contribution in [0, 0.1) is 0 Å². The quantitative estimate of drug-likeness (QED) is 0.629. The number of hydrogen-bond acceptors (Lipinski definition) is 7. The van der Waals surface area contributed by atoms with Crippen LogP contribution in [0.25, 0.3) is 0 Å². The van der Waals surface area contributed by atoms with Crippen molar-refractivity contribution in [1.82, 2.24) is 0 Å². The Morgan fingerprint density at radius 3 is 1.90 bits per heavy atom. The largest absolute Gasteiger partial charge is 0.508 e. The van der Waals surface area contributed by atoms with Crippen molar-refractivity contribution >= 4 is 10.1 Å². The van der Waals surface area contributed by atoms with Crippen molar-refractivity contribution in [2.24, 2.45) is 0 Å². The Morgan fingerprint density at radius 2 is 1.35 bits per heavy atom. The van der Waals surface area contributed by atoms with E-state index in [1.54, 1.807) is 0 Å². The molecular weight excluding hydrogens is 288 g/mol. The zero-order chi connectivity index (χ0) is 14.9. The average molecular weight is 298 g/mol. The molecule has 7 nitrogen and oxygen atoms in total. The number of aromatic hydroxyl groups is 4. The van der Waals surface area contributed by atoms with Crippen LogP contribution in [0.4, 0.5) is 0 Å². The van der Waals surface area contributed by atoms with E-state index in [-0.39, 0.29) is 11.5 Å². The molecule has 0 bridgehead atoms. The molecule has 0 fully saturated rings. The predicted octanol–water partition coefficient (Wildman–Crippen LogP) is 1.28. The van der Waals surface area contributed by atoms with E-state index in [4.69, 9.17) is 10.2 Å². The van der Waals surface area contributed by atoms with Crippen LogP contribution in [-0.4, -0.2) is 28.8 Å². The molecule has 0 aliphatic carbocycles. The standard InChI is InChI=1S/C12H10O7S/c13-7-1-3-11(9(15)5-7)19-20(17,18)12-4-2-8(14)6-10(12)16/h1-6,13-16H. The van der Waals surface area contributed by atoms with Crippen LogP contribution in [-0.2, 0) is 10.1 Å². The maximum absolute atomic E-state index is 11.9. The van der Waals surface area contributed by atoms with Gasteiger partial charge in [0.1, 0.15) is 22.1 Å².